The highest BCUT2D eigenvalue weighted by Gasteiger charge is 2.51. The Labute approximate surface area is 181 Å². The lowest BCUT2D eigenvalue weighted by Gasteiger charge is -2.23. The van der Waals surface area contributed by atoms with E-state index in [2.05, 4.69) is 47.2 Å². The van der Waals surface area contributed by atoms with Gasteiger partial charge in [0.25, 0.3) is 5.91 Å². The number of carbonyl (C=O) groups is 1. The average molecular weight is 412 g/mol. The van der Waals surface area contributed by atoms with Crippen molar-refractivity contribution in [2.75, 3.05) is 6.54 Å². The first-order chi connectivity index (χ1) is 15.0. The van der Waals surface area contributed by atoms with E-state index < -0.39 is 0 Å². The zero-order valence-electron chi connectivity index (χ0n) is 17.4. The van der Waals surface area contributed by atoms with Gasteiger partial charge in [0.15, 0.2) is 0 Å². The molecule has 156 valence electrons. The third-order valence-electron chi connectivity index (χ3n) is 7.15. The maximum Gasteiger partial charge on any atom is 0.253 e. The minimum absolute atomic E-state index is 0.0731. The van der Waals surface area contributed by atoms with Gasteiger partial charge >= 0.3 is 0 Å². The minimum Gasteiger partial charge on any atom is -0.513 e. The van der Waals surface area contributed by atoms with Crippen molar-refractivity contribution in [1.82, 2.24) is 15.3 Å². The predicted octanol–water partition coefficient (Wildman–Crippen LogP) is 4.62. The van der Waals surface area contributed by atoms with Gasteiger partial charge in [0, 0.05) is 41.4 Å². The summed E-state index contributed by atoms with van der Waals surface area (Å²) in [6.45, 7) is 4.31. The van der Waals surface area contributed by atoms with Gasteiger partial charge < -0.3 is 15.4 Å². The van der Waals surface area contributed by atoms with Crippen LogP contribution in [0.25, 0.3) is 22.5 Å². The lowest BCUT2D eigenvalue weighted by atomic mass is 9.86. The molecule has 0 radical (unpaired) electrons. The van der Waals surface area contributed by atoms with Gasteiger partial charge in [-0.05, 0) is 54.9 Å². The Hall–Kier alpha value is -3.34. The molecule has 0 unspecified atom stereocenters. The number of H-pyrrole nitrogens is 1. The van der Waals surface area contributed by atoms with Gasteiger partial charge in [-0.15, -0.1) is 0 Å². The van der Waals surface area contributed by atoms with Crippen LogP contribution in [0, 0.1) is 0 Å². The normalized spacial score (nSPS) is 17.5. The number of nitrogens with zero attached hydrogens (tertiary/aromatic N) is 1. The number of aliphatic hydroxyl groups excluding tert-OH is 1. The maximum atomic E-state index is 12.7. The monoisotopic (exact) mass is 411 g/mol. The highest BCUT2D eigenvalue weighted by atomic mass is 16.3. The fourth-order valence-corrected chi connectivity index (χ4v) is 5.13. The molecule has 5 nitrogen and oxygen atoms in total. The molecule has 1 saturated carbocycles. The summed E-state index contributed by atoms with van der Waals surface area (Å²) in [6, 6.07) is 10.5. The second-order valence-corrected chi connectivity index (χ2v) is 9.18. The molecule has 6 rings (SSSR count). The summed E-state index contributed by atoms with van der Waals surface area (Å²) >= 11 is 0. The standard InChI is InChI=1S/C26H25N3O2/c1-15(30)2-3-16-4-6-17(7-5-16)21-12-20-18(13-27-21)8-9-19-22-24(29-23(19)20)26(10-11-26)14-28-25(22)31/h4-7,12-13,29-30H,1-3,8-11,14H2,(H,28,31). The number of fused-ring (bicyclic) bond motifs is 6. The molecule has 2 aliphatic carbocycles. The number of amides is 1. The summed E-state index contributed by atoms with van der Waals surface area (Å²) in [4.78, 5) is 21.1. The van der Waals surface area contributed by atoms with Crippen molar-refractivity contribution in [3.05, 3.63) is 76.8 Å². The predicted molar refractivity (Wildman–Crippen MR) is 120 cm³/mol. The zero-order valence-corrected chi connectivity index (χ0v) is 17.4. The van der Waals surface area contributed by atoms with Crippen LogP contribution in [0.3, 0.4) is 0 Å². The van der Waals surface area contributed by atoms with E-state index >= 15 is 0 Å². The third-order valence-corrected chi connectivity index (χ3v) is 7.15. The van der Waals surface area contributed by atoms with Crippen molar-refractivity contribution in [1.29, 1.82) is 0 Å². The van der Waals surface area contributed by atoms with Gasteiger partial charge in [-0.2, -0.15) is 0 Å². The van der Waals surface area contributed by atoms with Crippen molar-refractivity contribution in [2.45, 2.75) is 43.9 Å². The van der Waals surface area contributed by atoms with Crippen LogP contribution in [0.5, 0.6) is 0 Å². The Bertz CT molecular complexity index is 1230. The number of hydrogen-bond donors (Lipinski definition) is 3. The van der Waals surface area contributed by atoms with Crippen LogP contribution in [0.2, 0.25) is 0 Å². The first-order valence-corrected chi connectivity index (χ1v) is 11.0. The molecule has 1 spiro atoms. The van der Waals surface area contributed by atoms with Crippen LogP contribution < -0.4 is 5.32 Å². The number of aromatic amines is 1. The van der Waals surface area contributed by atoms with E-state index in [-0.39, 0.29) is 17.1 Å². The highest BCUT2D eigenvalue weighted by molar-refractivity contribution is 6.01. The molecule has 3 aromatic rings. The van der Waals surface area contributed by atoms with Crippen molar-refractivity contribution in [2.24, 2.45) is 0 Å². The quantitative estimate of drug-likeness (QED) is 0.548. The fourth-order valence-electron chi connectivity index (χ4n) is 5.13. The van der Waals surface area contributed by atoms with E-state index in [9.17, 15) is 9.90 Å². The molecule has 3 heterocycles. The molecule has 3 N–H and O–H groups in total. The lowest BCUT2D eigenvalue weighted by Crippen LogP contribution is -2.39. The van der Waals surface area contributed by atoms with Gasteiger partial charge in [0.2, 0.25) is 0 Å². The Kier molecular flexibility index (Phi) is 3.91. The van der Waals surface area contributed by atoms with Gasteiger partial charge in [-0.3, -0.25) is 9.78 Å². The zero-order chi connectivity index (χ0) is 21.2. The summed E-state index contributed by atoms with van der Waals surface area (Å²) in [6.07, 6.45) is 7.41. The van der Waals surface area contributed by atoms with Crippen LogP contribution in [0.1, 0.15) is 52.0 Å². The van der Waals surface area contributed by atoms with Crippen molar-refractivity contribution in [3.8, 4) is 22.5 Å². The number of allylic oxidation sites excluding steroid dienone is 1. The molecule has 3 aliphatic rings. The molecule has 31 heavy (non-hydrogen) atoms. The number of rotatable bonds is 4. The number of aliphatic hydroxyl groups is 1. The SMILES string of the molecule is C=C(O)CCc1ccc(-c2cc3c(cn2)CCc2c-3[nH]c3c2C(=O)NCC32CC2)cc1. The number of pyridine rings is 1. The van der Waals surface area contributed by atoms with E-state index in [4.69, 9.17) is 4.98 Å². The summed E-state index contributed by atoms with van der Waals surface area (Å²) in [5.74, 6) is 0.287. The van der Waals surface area contributed by atoms with E-state index in [0.717, 1.165) is 72.4 Å². The molecule has 1 fully saturated rings. The molecule has 5 heteroatoms. The first kappa shape index (κ1) is 18.4. The second-order valence-electron chi connectivity index (χ2n) is 9.18. The number of nitrogens with one attached hydrogen (secondary N) is 2. The van der Waals surface area contributed by atoms with Crippen LogP contribution >= 0.6 is 0 Å². The van der Waals surface area contributed by atoms with Gasteiger partial charge in [0.1, 0.15) is 0 Å². The smallest absolute Gasteiger partial charge is 0.253 e. The summed E-state index contributed by atoms with van der Waals surface area (Å²) in [7, 11) is 0. The molecule has 1 aromatic carbocycles. The highest BCUT2D eigenvalue weighted by Crippen LogP contribution is 2.52. The average Bonchev–Trinajstić information content (AvgIpc) is 3.45. The molecular weight excluding hydrogens is 386 g/mol. The Balaban J connectivity index is 1.38. The van der Waals surface area contributed by atoms with Crippen molar-refractivity contribution < 1.29 is 9.90 Å². The number of carbonyl (C=O) groups excluding carboxylic acids is 1. The van der Waals surface area contributed by atoms with E-state index in [1.165, 1.54) is 16.7 Å². The molecule has 0 bridgehead atoms. The molecule has 0 saturated heterocycles. The largest absolute Gasteiger partial charge is 0.513 e. The van der Waals surface area contributed by atoms with E-state index in [1.54, 1.807) is 0 Å². The lowest BCUT2D eigenvalue weighted by molar-refractivity contribution is 0.0936. The van der Waals surface area contributed by atoms with Gasteiger partial charge in [-0.25, -0.2) is 0 Å². The van der Waals surface area contributed by atoms with Crippen LogP contribution in [0.4, 0.5) is 0 Å². The van der Waals surface area contributed by atoms with Crippen molar-refractivity contribution >= 4 is 5.91 Å². The summed E-state index contributed by atoms with van der Waals surface area (Å²) in [5.41, 5.74) is 10.0. The van der Waals surface area contributed by atoms with E-state index in [0.29, 0.717) is 6.42 Å². The van der Waals surface area contributed by atoms with Gasteiger partial charge in [0.05, 0.1) is 22.7 Å². The number of hydrogen-bond acceptors (Lipinski definition) is 3. The van der Waals surface area contributed by atoms with Gasteiger partial charge in [-0.1, -0.05) is 30.8 Å². The molecule has 1 amide bonds. The van der Waals surface area contributed by atoms with Crippen LogP contribution in [-0.2, 0) is 24.7 Å². The van der Waals surface area contributed by atoms with Crippen molar-refractivity contribution in [3.63, 3.8) is 0 Å². The fraction of sp³-hybridized carbons (Fsp3) is 0.308. The summed E-state index contributed by atoms with van der Waals surface area (Å²) < 4.78 is 0. The Morgan fingerprint density at radius 3 is 2.74 bits per heavy atom. The third kappa shape index (κ3) is 2.91. The van der Waals surface area contributed by atoms with Crippen LogP contribution in [0.15, 0.2) is 48.9 Å². The van der Waals surface area contributed by atoms with E-state index in [1.807, 2.05) is 6.20 Å². The topological polar surface area (TPSA) is 78.0 Å². The maximum absolute atomic E-state index is 12.7. The molecular formula is C26H25N3O2. The number of aromatic nitrogens is 2. The first-order valence-electron chi connectivity index (χ1n) is 11.0. The number of benzene rings is 1. The molecule has 0 atom stereocenters. The molecule has 1 aliphatic heterocycles. The minimum atomic E-state index is 0.0731. The Morgan fingerprint density at radius 2 is 2.00 bits per heavy atom. The van der Waals surface area contributed by atoms with Crippen LogP contribution in [-0.4, -0.2) is 27.5 Å². The Morgan fingerprint density at radius 1 is 1.19 bits per heavy atom. The molecule has 2 aromatic heterocycles. The second kappa shape index (κ2) is 6.58. The number of aryl methyl sites for hydroxylation is 2. The summed E-state index contributed by atoms with van der Waals surface area (Å²) in [5, 5.41) is 12.4.